The molecule has 2 heterocycles. The quantitative estimate of drug-likeness (QED) is 0.149. The van der Waals surface area contributed by atoms with Gasteiger partial charge >= 0.3 is 0 Å². The van der Waals surface area contributed by atoms with Gasteiger partial charge in [0.15, 0.2) is 0 Å². The van der Waals surface area contributed by atoms with Crippen molar-refractivity contribution in [2.24, 2.45) is 0 Å². The predicted octanol–water partition coefficient (Wildman–Crippen LogP) is 10.8. The van der Waals surface area contributed by atoms with E-state index in [0.717, 1.165) is 33.4 Å². The van der Waals surface area contributed by atoms with Gasteiger partial charge in [-0.1, -0.05) is 181 Å². The fourth-order valence-electron chi connectivity index (χ4n) is 6.89. The van der Waals surface area contributed by atoms with Gasteiger partial charge in [-0.25, -0.2) is 0 Å². The van der Waals surface area contributed by atoms with E-state index in [1.165, 1.54) is 0 Å². The molecule has 0 saturated heterocycles. The first-order valence-electron chi connectivity index (χ1n) is 16.4. The summed E-state index contributed by atoms with van der Waals surface area (Å²) in [6.07, 6.45) is 7.58. The molecule has 6 aromatic carbocycles. The Morgan fingerprint density at radius 3 is 0.880 bits per heavy atom. The van der Waals surface area contributed by atoms with E-state index < -0.39 is 11.1 Å². The van der Waals surface area contributed by atoms with Gasteiger partial charge in [-0.2, -0.15) is 10.2 Å². The molecule has 0 amide bonds. The fraction of sp³-hybridized carbons (Fsp3) is 0.0455. The summed E-state index contributed by atoms with van der Waals surface area (Å²) < 4.78 is 3.97. The van der Waals surface area contributed by atoms with Gasteiger partial charge in [-0.3, -0.25) is 9.36 Å². The molecule has 0 spiro atoms. The lowest BCUT2D eigenvalue weighted by Crippen LogP contribution is -2.38. The zero-order chi connectivity index (χ0) is 34.2. The van der Waals surface area contributed by atoms with Crippen molar-refractivity contribution in [2.75, 3.05) is 0 Å². The topological polar surface area (TPSA) is 35.6 Å². The monoisotopic (exact) mass is 688 g/mol. The van der Waals surface area contributed by atoms with Gasteiger partial charge in [0.05, 0.1) is 0 Å². The summed E-state index contributed by atoms with van der Waals surface area (Å²) in [5.74, 6) is 0. The van der Waals surface area contributed by atoms with Crippen LogP contribution >= 0.6 is 23.2 Å². The Balaban J connectivity index is 0.000000157. The second-order valence-electron chi connectivity index (χ2n) is 11.7. The number of nitrogens with zero attached hydrogens (tertiary/aromatic N) is 4. The summed E-state index contributed by atoms with van der Waals surface area (Å²) in [6, 6.07) is 61.3. The molecular weight excluding hydrogens is 655 g/mol. The first-order chi connectivity index (χ1) is 24.7. The molecule has 0 radical (unpaired) electrons. The lowest BCUT2D eigenvalue weighted by Gasteiger charge is -2.36. The molecule has 50 heavy (non-hydrogen) atoms. The van der Waals surface area contributed by atoms with Crippen LogP contribution in [0.1, 0.15) is 33.4 Å². The Labute approximate surface area is 302 Å². The third-order valence-electron chi connectivity index (χ3n) is 8.99. The SMILES string of the molecule is Clc1ccccc1C(c1ccccc1)(c1ccccc1)n1cccn1.Clc1ccccc1C(c1ccccc1)(c1ccccc1)n1cccn1. The Bertz CT molecular complexity index is 1980. The van der Waals surface area contributed by atoms with Crippen LogP contribution in [0.2, 0.25) is 10.0 Å². The Kier molecular flexibility index (Phi) is 9.75. The molecule has 0 saturated carbocycles. The van der Waals surface area contributed by atoms with E-state index in [9.17, 15) is 0 Å². The van der Waals surface area contributed by atoms with E-state index in [1.807, 2.05) is 143 Å². The number of benzene rings is 6. The third kappa shape index (κ3) is 5.94. The molecule has 6 heteroatoms. The van der Waals surface area contributed by atoms with E-state index in [2.05, 4.69) is 70.9 Å². The minimum absolute atomic E-state index is 0.635. The van der Waals surface area contributed by atoms with Gasteiger partial charge in [-0.05, 0) is 46.5 Å². The molecule has 244 valence electrons. The van der Waals surface area contributed by atoms with Crippen molar-refractivity contribution in [1.29, 1.82) is 0 Å². The van der Waals surface area contributed by atoms with Gasteiger partial charge in [0.1, 0.15) is 11.1 Å². The smallest absolute Gasteiger partial charge is 0.139 e. The van der Waals surface area contributed by atoms with Crippen molar-refractivity contribution in [3.8, 4) is 0 Å². The highest BCUT2D eigenvalue weighted by Gasteiger charge is 2.41. The van der Waals surface area contributed by atoms with Crippen molar-refractivity contribution >= 4 is 23.2 Å². The van der Waals surface area contributed by atoms with Crippen LogP contribution in [0.5, 0.6) is 0 Å². The number of hydrogen-bond donors (Lipinski definition) is 0. The van der Waals surface area contributed by atoms with E-state index in [4.69, 9.17) is 23.2 Å². The van der Waals surface area contributed by atoms with Crippen molar-refractivity contribution < 1.29 is 0 Å². The maximum Gasteiger partial charge on any atom is 0.139 e. The number of halogens is 2. The van der Waals surface area contributed by atoms with Crippen LogP contribution in [0, 0.1) is 0 Å². The molecule has 2 aromatic heterocycles. The van der Waals surface area contributed by atoms with Gasteiger partial charge in [-0.15, -0.1) is 0 Å². The zero-order valence-electron chi connectivity index (χ0n) is 27.2. The normalized spacial score (nSPS) is 11.4. The lowest BCUT2D eigenvalue weighted by molar-refractivity contribution is 0.460. The molecule has 0 fully saturated rings. The Morgan fingerprint density at radius 2 is 0.620 bits per heavy atom. The van der Waals surface area contributed by atoms with Gasteiger partial charge in [0, 0.05) is 46.0 Å². The van der Waals surface area contributed by atoms with Crippen molar-refractivity contribution in [1.82, 2.24) is 19.6 Å². The van der Waals surface area contributed by atoms with E-state index in [1.54, 1.807) is 12.4 Å². The fourth-order valence-corrected chi connectivity index (χ4v) is 7.44. The predicted molar refractivity (Wildman–Crippen MR) is 204 cm³/mol. The molecule has 0 atom stereocenters. The minimum atomic E-state index is -0.635. The molecule has 8 aromatic rings. The first-order valence-corrected chi connectivity index (χ1v) is 17.1. The average molecular weight is 690 g/mol. The molecule has 0 aliphatic rings. The van der Waals surface area contributed by atoms with Crippen molar-refractivity contribution in [3.05, 3.63) is 250 Å². The molecule has 0 aliphatic heterocycles. The van der Waals surface area contributed by atoms with Crippen molar-refractivity contribution in [3.63, 3.8) is 0 Å². The largest absolute Gasteiger partial charge is 0.253 e. The number of hydrogen-bond acceptors (Lipinski definition) is 2. The zero-order valence-corrected chi connectivity index (χ0v) is 28.7. The first kappa shape index (κ1) is 32.8. The average Bonchev–Trinajstić information content (AvgIpc) is 3.93. The molecule has 8 rings (SSSR count). The summed E-state index contributed by atoms with van der Waals surface area (Å²) in [5.41, 5.74) is 5.16. The van der Waals surface area contributed by atoms with Crippen LogP contribution in [0.25, 0.3) is 0 Å². The van der Waals surface area contributed by atoms with Crippen molar-refractivity contribution in [2.45, 2.75) is 11.1 Å². The Hall–Kier alpha value is -5.68. The highest BCUT2D eigenvalue weighted by molar-refractivity contribution is 6.32. The van der Waals surface area contributed by atoms with Crippen LogP contribution < -0.4 is 0 Å². The summed E-state index contributed by atoms with van der Waals surface area (Å²) in [5, 5.41) is 10.7. The lowest BCUT2D eigenvalue weighted by atomic mass is 9.77. The van der Waals surface area contributed by atoms with Crippen LogP contribution in [0.4, 0.5) is 0 Å². The number of rotatable bonds is 8. The van der Waals surface area contributed by atoms with Gasteiger partial charge < -0.3 is 0 Å². The standard InChI is InChI=1S/2C22H17ClN2/c2*23-21-15-8-7-14-20(21)22(25-17-9-16-24-25,18-10-3-1-4-11-18)19-12-5-2-6-13-19/h2*1-17H. The second kappa shape index (κ2) is 14.8. The van der Waals surface area contributed by atoms with E-state index >= 15 is 0 Å². The summed E-state index contributed by atoms with van der Waals surface area (Å²) in [4.78, 5) is 0. The highest BCUT2D eigenvalue weighted by atomic mass is 35.5. The van der Waals surface area contributed by atoms with Crippen LogP contribution in [-0.2, 0) is 11.1 Å². The molecular formula is C44H34Cl2N4. The molecule has 0 unspecified atom stereocenters. The maximum atomic E-state index is 6.68. The van der Waals surface area contributed by atoms with Gasteiger partial charge in [0.25, 0.3) is 0 Å². The molecule has 4 nitrogen and oxygen atoms in total. The maximum absolute atomic E-state index is 6.68. The Morgan fingerprint density at radius 1 is 0.340 bits per heavy atom. The molecule has 0 N–H and O–H groups in total. The molecule has 0 bridgehead atoms. The van der Waals surface area contributed by atoms with E-state index in [-0.39, 0.29) is 0 Å². The highest BCUT2D eigenvalue weighted by Crippen LogP contribution is 2.44. The van der Waals surface area contributed by atoms with Gasteiger partial charge in [0.2, 0.25) is 0 Å². The molecule has 0 aliphatic carbocycles. The summed E-state index contributed by atoms with van der Waals surface area (Å²) in [7, 11) is 0. The number of aromatic nitrogens is 4. The van der Waals surface area contributed by atoms with Crippen LogP contribution in [-0.4, -0.2) is 19.6 Å². The van der Waals surface area contributed by atoms with Crippen LogP contribution in [0.15, 0.2) is 207 Å². The second-order valence-corrected chi connectivity index (χ2v) is 12.6. The summed E-state index contributed by atoms with van der Waals surface area (Å²) >= 11 is 13.4. The summed E-state index contributed by atoms with van der Waals surface area (Å²) in [6.45, 7) is 0. The third-order valence-corrected chi connectivity index (χ3v) is 9.65. The van der Waals surface area contributed by atoms with Crippen LogP contribution in [0.3, 0.4) is 0 Å². The van der Waals surface area contributed by atoms with E-state index in [0.29, 0.717) is 10.0 Å². The minimum Gasteiger partial charge on any atom is -0.253 e.